The van der Waals surface area contributed by atoms with Crippen molar-refractivity contribution in [2.45, 2.75) is 6.54 Å². The number of rotatable bonds is 4. The van der Waals surface area contributed by atoms with Crippen molar-refractivity contribution in [3.8, 4) is 11.3 Å². The van der Waals surface area contributed by atoms with E-state index in [0.29, 0.717) is 28.7 Å². The second-order valence-electron chi connectivity index (χ2n) is 6.12. The smallest absolute Gasteiger partial charge is 0.252 e. The van der Waals surface area contributed by atoms with E-state index < -0.39 is 5.82 Å². The largest absolute Gasteiger partial charge is 0.348 e. The number of nitrogens with zero attached hydrogens (tertiary/aromatic N) is 2. The van der Waals surface area contributed by atoms with E-state index in [1.807, 2.05) is 42.5 Å². The number of benzene rings is 2. The number of pyridine rings is 2. The van der Waals surface area contributed by atoms with Gasteiger partial charge >= 0.3 is 0 Å². The number of hydrogen-bond donors (Lipinski definition) is 1. The molecule has 0 radical (unpaired) electrons. The van der Waals surface area contributed by atoms with Crippen LogP contribution in [0.2, 0.25) is 0 Å². The Morgan fingerprint density at radius 1 is 0.963 bits per heavy atom. The molecule has 2 aromatic carbocycles. The number of fused-ring (bicyclic) bond motifs is 1. The summed E-state index contributed by atoms with van der Waals surface area (Å²) < 4.78 is 13.8. The molecule has 0 fully saturated rings. The Morgan fingerprint density at radius 3 is 2.52 bits per heavy atom. The lowest BCUT2D eigenvalue weighted by Crippen LogP contribution is -2.23. The van der Waals surface area contributed by atoms with Crippen LogP contribution in [-0.2, 0) is 6.54 Å². The predicted octanol–water partition coefficient (Wildman–Crippen LogP) is 4.37. The fourth-order valence-electron chi connectivity index (χ4n) is 2.92. The quantitative estimate of drug-likeness (QED) is 0.590. The molecule has 2 heterocycles. The Labute approximate surface area is 155 Å². The van der Waals surface area contributed by atoms with Gasteiger partial charge in [0.1, 0.15) is 5.82 Å². The zero-order valence-electron chi connectivity index (χ0n) is 14.4. The van der Waals surface area contributed by atoms with Gasteiger partial charge in [0.25, 0.3) is 5.91 Å². The lowest BCUT2D eigenvalue weighted by Gasteiger charge is -2.11. The first-order chi connectivity index (χ1) is 13.2. The summed E-state index contributed by atoms with van der Waals surface area (Å²) >= 11 is 0. The number of amides is 1. The van der Waals surface area contributed by atoms with Crippen LogP contribution < -0.4 is 5.32 Å². The summed E-state index contributed by atoms with van der Waals surface area (Å²) in [5.74, 6) is -0.679. The van der Waals surface area contributed by atoms with Crippen molar-refractivity contribution in [2.24, 2.45) is 0 Å². The molecule has 0 saturated heterocycles. The van der Waals surface area contributed by atoms with Crippen LogP contribution >= 0.6 is 0 Å². The maximum Gasteiger partial charge on any atom is 0.252 e. The first kappa shape index (κ1) is 16.8. The minimum absolute atomic E-state index is 0.276. The van der Waals surface area contributed by atoms with Gasteiger partial charge in [0, 0.05) is 29.9 Å². The molecule has 0 aliphatic carbocycles. The third-order valence-electron chi connectivity index (χ3n) is 4.29. The predicted molar refractivity (Wildman–Crippen MR) is 103 cm³/mol. The average molecular weight is 357 g/mol. The van der Waals surface area contributed by atoms with Gasteiger partial charge in [-0.2, -0.15) is 0 Å². The summed E-state index contributed by atoms with van der Waals surface area (Å²) in [4.78, 5) is 21.4. The maximum atomic E-state index is 13.8. The van der Waals surface area contributed by atoms with Crippen LogP contribution in [0.5, 0.6) is 0 Å². The van der Waals surface area contributed by atoms with Gasteiger partial charge in [-0.25, -0.2) is 9.37 Å². The van der Waals surface area contributed by atoms with E-state index in [1.165, 1.54) is 12.1 Å². The third kappa shape index (κ3) is 3.67. The lowest BCUT2D eigenvalue weighted by atomic mass is 10.0. The Bertz CT molecular complexity index is 1100. The van der Waals surface area contributed by atoms with Gasteiger partial charge in [0.05, 0.1) is 16.8 Å². The van der Waals surface area contributed by atoms with Crippen molar-refractivity contribution >= 4 is 16.8 Å². The van der Waals surface area contributed by atoms with Crippen LogP contribution in [-0.4, -0.2) is 15.9 Å². The number of carbonyl (C=O) groups is 1. The molecule has 4 aromatic rings. The monoisotopic (exact) mass is 357 g/mol. The van der Waals surface area contributed by atoms with Crippen LogP contribution in [0.15, 0.2) is 79.1 Å². The fraction of sp³-hybridized carbons (Fsp3) is 0.0455. The molecule has 1 N–H and O–H groups in total. The highest BCUT2D eigenvalue weighted by atomic mass is 19.1. The molecule has 0 atom stereocenters. The van der Waals surface area contributed by atoms with E-state index in [2.05, 4.69) is 15.3 Å². The van der Waals surface area contributed by atoms with Crippen molar-refractivity contribution in [1.82, 2.24) is 15.3 Å². The van der Waals surface area contributed by atoms with Gasteiger partial charge < -0.3 is 5.32 Å². The molecule has 2 aromatic heterocycles. The van der Waals surface area contributed by atoms with Gasteiger partial charge in [-0.15, -0.1) is 0 Å². The van der Waals surface area contributed by atoms with E-state index in [1.54, 1.807) is 24.5 Å². The van der Waals surface area contributed by atoms with Crippen molar-refractivity contribution in [1.29, 1.82) is 0 Å². The highest BCUT2D eigenvalue weighted by molar-refractivity contribution is 6.07. The molecule has 0 bridgehead atoms. The van der Waals surface area contributed by atoms with Crippen molar-refractivity contribution in [3.05, 3.63) is 96.1 Å². The molecule has 1 amide bonds. The number of carbonyl (C=O) groups excluding carboxylic acids is 1. The Balaban J connectivity index is 1.75. The van der Waals surface area contributed by atoms with E-state index in [0.717, 1.165) is 11.1 Å². The third-order valence-corrected chi connectivity index (χ3v) is 4.29. The maximum absolute atomic E-state index is 13.8. The van der Waals surface area contributed by atoms with Gasteiger partial charge in [-0.1, -0.05) is 30.3 Å². The summed E-state index contributed by atoms with van der Waals surface area (Å²) in [5, 5.41) is 3.38. The topological polar surface area (TPSA) is 54.9 Å². The normalized spacial score (nSPS) is 10.7. The van der Waals surface area contributed by atoms with Crippen LogP contribution in [0, 0.1) is 5.82 Å². The highest BCUT2D eigenvalue weighted by Gasteiger charge is 2.14. The standard InChI is InChI=1S/C22H16FN3O/c23-17-6-7-20-18(12-17)19(13-21(26-20)16-4-2-1-3-5-16)22(27)25-14-15-8-10-24-11-9-15/h1-13H,14H2,(H,25,27). The average Bonchev–Trinajstić information content (AvgIpc) is 2.72. The summed E-state index contributed by atoms with van der Waals surface area (Å²) in [6.07, 6.45) is 3.35. The zero-order chi connectivity index (χ0) is 18.6. The Hall–Kier alpha value is -3.60. The van der Waals surface area contributed by atoms with Gasteiger partial charge in [0.15, 0.2) is 0 Å². The summed E-state index contributed by atoms with van der Waals surface area (Å²) in [6.45, 7) is 0.362. The van der Waals surface area contributed by atoms with E-state index in [4.69, 9.17) is 0 Å². The molecule has 5 heteroatoms. The summed E-state index contributed by atoms with van der Waals surface area (Å²) in [6, 6.07) is 19.3. The number of hydrogen-bond acceptors (Lipinski definition) is 3. The SMILES string of the molecule is O=C(NCc1ccncc1)c1cc(-c2ccccc2)nc2ccc(F)cc12. The molecule has 0 spiro atoms. The lowest BCUT2D eigenvalue weighted by molar-refractivity contribution is 0.0952. The second kappa shape index (κ2) is 7.33. The molecule has 4 rings (SSSR count). The molecule has 0 unspecified atom stereocenters. The number of nitrogens with one attached hydrogen (secondary N) is 1. The highest BCUT2D eigenvalue weighted by Crippen LogP contribution is 2.25. The molecule has 0 saturated carbocycles. The Morgan fingerprint density at radius 2 is 1.74 bits per heavy atom. The molecule has 0 aliphatic rings. The minimum Gasteiger partial charge on any atom is -0.348 e. The van der Waals surface area contributed by atoms with Crippen molar-refractivity contribution in [2.75, 3.05) is 0 Å². The van der Waals surface area contributed by atoms with Crippen molar-refractivity contribution in [3.63, 3.8) is 0 Å². The number of aromatic nitrogens is 2. The molecule has 4 nitrogen and oxygen atoms in total. The van der Waals surface area contributed by atoms with Crippen LogP contribution in [0.4, 0.5) is 4.39 Å². The molecule has 27 heavy (non-hydrogen) atoms. The van der Waals surface area contributed by atoms with Gasteiger partial charge in [-0.3, -0.25) is 9.78 Å². The summed E-state index contributed by atoms with van der Waals surface area (Å²) in [5.41, 5.74) is 3.47. The van der Waals surface area contributed by atoms with Crippen LogP contribution in [0.3, 0.4) is 0 Å². The second-order valence-corrected chi connectivity index (χ2v) is 6.12. The molecular formula is C22H16FN3O. The minimum atomic E-state index is -0.403. The first-order valence-corrected chi connectivity index (χ1v) is 8.53. The van der Waals surface area contributed by atoms with Gasteiger partial charge in [-0.05, 0) is 42.0 Å². The zero-order valence-corrected chi connectivity index (χ0v) is 14.4. The number of halogens is 1. The molecule has 132 valence electrons. The van der Waals surface area contributed by atoms with E-state index in [-0.39, 0.29) is 5.91 Å². The van der Waals surface area contributed by atoms with E-state index >= 15 is 0 Å². The fourth-order valence-corrected chi connectivity index (χ4v) is 2.92. The van der Waals surface area contributed by atoms with Crippen LogP contribution in [0.1, 0.15) is 15.9 Å². The Kier molecular flexibility index (Phi) is 4.58. The first-order valence-electron chi connectivity index (χ1n) is 8.53. The van der Waals surface area contributed by atoms with Gasteiger partial charge in [0.2, 0.25) is 0 Å². The van der Waals surface area contributed by atoms with E-state index in [9.17, 15) is 9.18 Å². The molecular weight excluding hydrogens is 341 g/mol. The van der Waals surface area contributed by atoms with Crippen LogP contribution in [0.25, 0.3) is 22.2 Å². The van der Waals surface area contributed by atoms with Crippen molar-refractivity contribution < 1.29 is 9.18 Å². The summed E-state index contributed by atoms with van der Waals surface area (Å²) in [7, 11) is 0. The molecule has 0 aliphatic heterocycles.